The molecule has 0 aliphatic rings. The highest BCUT2D eigenvalue weighted by molar-refractivity contribution is 5.76. The smallest absolute Gasteiger partial charge is 0.305 e. The Morgan fingerprint density at radius 2 is 0.758 bits per heavy atom. The Morgan fingerprint density at radius 1 is 0.424 bits per heavy atom. The van der Waals surface area contributed by atoms with E-state index in [4.69, 9.17) is 4.74 Å². The second-order valence-electron chi connectivity index (χ2n) is 20.0. The van der Waals surface area contributed by atoms with E-state index in [1.54, 1.807) is 0 Å². The van der Waals surface area contributed by atoms with Gasteiger partial charge in [-0.25, -0.2) is 0 Å². The predicted molar refractivity (Wildman–Crippen MR) is 287 cm³/mol. The zero-order valence-corrected chi connectivity index (χ0v) is 44.2. The van der Waals surface area contributed by atoms with E-state index in [1.165, 1.54) is 193 Å². The standard InChI is InChI=1S/C60H113NO5/c1-3-5-7-9-11-13-15-17-19-20-21-22-23-24-26-28-32-36-40-44-48-52-58(63)57(56-62)61-59(64)53-49-45-41-37-33-29-27-31-35-39-43-47-51-55-66-60(65)54-50-46-42-38-34-30-25-18-16-14-12-10-8-6-4-2/h12,14,18,25,29,33,57-58,62-63H,3-11,13,15-17,19-24,26-28,30-32,34-56H2,1-2H3,(H,61,64)/b14-12-,25-18-,33-29-. The molecule has 6 nitrogen and oxygen atoms in total. The number of carbonyl (C=O) groups is 2. The summed E-state index contributed by atoms with van der Waals surface area (Å²) >= 11 is 0. The van der Waals surface area contributed by atoms with Crippen LogP contribution >= 0.6 is 0 Å². The maximum absolute atomic E-state index is 12.5. The summed E-state index contributed by atoms with van der Waals surface area (Å²) in [4.78, 5) is 24.5. The van der Waals surface area contributed by atoms with Gasteiger partial charge in [0.2, 0.25) is 5.91 Å². The lowest BCUT2D eigenvalue weighted by Crippen LogP contribution is -2.45. The van der Waals surface area contributed by atoms with Crippen molar-refractivity contribution in [1.29, 1.82) is 0 Å². The SMILES string of the molecule is CCCCC/C=C\C/C=C\CCCCCCCC(=O)OCCCCCCCC/C=C\CCCCCC(=O)NC(CO)C(O)CCCCCCCCCCCCCCCCCCCCCCC. The zero-order chi connectivity index (χ0) is 47.9. The molecule has 0 bridgehead atoms. The van der Waals surface area contributed by atoms with Gasteiger partial charge in [0.15, 0.2) is 0 Å². The Hall–Kier alpha value is -1.92. The second kappa shape index (κ2) is 55.7. The molecule has 0 saturated heterocycles. The number of ether oxygens (including phenoxy) is 1. The molecule has 0 rings (SSSR count). The first-order chi connectivity index (χ1) is 32.5. The van der Waals surface area contributed by atoms with Gasteiger partial charge in [0, 0.05) is 12.8 Å². The fraction of sp³-hybridized carbons (Fsp3) is 0.867. The summed E-state index contributed by atoms with van der Waals surface area (Å²) in [7, 11) is 0. The second-order valence-corrected chi connectivity index (χ2v) is 20.0. The summed E-state index contributed by atoms with van der Waals surface area (Å²) < 4.78 is 5.46. The molecule has 0 aromatic heterocycles. The van der Waals surface area contributed by atoms with Crippen LogP contribution < -0.4 is 5.32 Å². The number of nitrogens with one attached hydrogen (secondary N) is 1. The van der Waals surface area contributed by atoms with Gasteiger partial charge in [-0.3, -0.25) is 9.59 Å². The van der Waals surface area contributed by atoms with Crippen LogP contribution in [0.5, 0.6) is 0 Å². The first-order valence-corrected chi connectivity index (χ1v) is 29.2. The van der Waals surface area contributed by atoms with Crippen molar-refractivity contribution in [2.75, 3.05) is 13.2 Å². The van der Waals surface area contributed by atoms with E-state index in [1.807, 2.05) is 0 Å². The third-order valence-electron chi connectivity index (χ3n) is 13.4. The van der Waals surface area contributed by atoms with Crippen molar-refractivity contribution in [1.82, 2.24) is 5.32 Å². The molecule has 0 radical (unpaired) electrons. The third kappa shape index (κ3) is 51.5. The van der Waals surface area contributed by atoms with E-state index >= 15 is 0 Å². The molecule has 1 amide bonds. The topological polar surface area (TPSA) is 95.9 Å². The minimum Gasteiger partial charge on any atom is -0.466 e. The van der Waals surface area contributed by atoms with E-state index in [2.05, 4.69) is 55.6 Å². The molecule has 0 aromatic carbocycles. The molecule has 0 heterocycles. The van der Waals surface area contributed by atoms with Crippen molar-refractivity contribution < 1.29 is 24.5 Å². The molecule has 3 N–H and O–H groups in total. The van der Waals surface area contributed by atoms with Gasteiger partial charge >= 0.3 is 5.97 Å². The maximum Gasteiger partial charge on any atom is 0.305 e. The van der Waals surface area contributed by atoms with Gasteiger partial charge in [0.25, 0.3) is 0 Å². The molecule has 0 aromatic rings. The molecule has 388 valence electrons. The number of allylic oxidation sites excluding steroid dienone is 6. The quantitative estimate of drug-likeness (QED) is 0.0321. The molecule has 0 spiro atoms. The van der Waals surface area contributed by atoms with Crippen molar-refractivity contribution >= 4 is 11.9 Å². The van der Waals surface area contributed by atoms with E-state index in [0.29, 0.717) is 25.9 Å². The molecule has 66 heavy (non-hydrogen) atoms. The third-order valence-corrected chi connectivity index (χ3v) is 13.4. The Labute approximate surface area is 411 Å². The van der Waals surface area contributed by atoms with Crippen LogP contribution in [0.25, 0.3) is 0 Å². The average molecular weight is 929 g/mol. The van der Waals surface area contributed by atoms with E-state index in [0.717, 1.165) is 83.5 Å². The number of amides is 1. The monoisotopic (exact) mass is 928 g/mol. The molecule has 6 heteroatoms. The first-order valence-electron chi connectivity index (χ1n) is 29.2. The fourth-order valence-corrected chi connectivity index (χ4v) is 8.90. The number of unbranched alkanes of at least 4 members (excludes halogenated alkanes) is 37. The van der Waals surface area contributed by atoms with Crippen LogP contribution in [0.4, 0.5) is 0 Å². The highest BCUT2D eigenvalue weighted by Gasteiger charge is 2.20. The van der Waals surface area contributed by atoms with Crippen molar-refractivity contribution in [3.8, 4) is 0 Å². The normalized spacial score (nSPS) is 12.8. The van der Waals surface area contributed by atoms with Crippen LogP contribution in [0, 0.1) is 0 Å². The maximum atomic E-state index is 12.5. The van der Waals surface area contributed by atoms with Gasteiger partial charge in [-0.2, -0.15) is 0 Å². The summed E-state index contributed by atoms with van der Waals surface area (Å²) in [6, 6.07) is -0.564. The van der Waals surface area contributed by atoms with Crippen molar-refractivity contribution in [2.45, 2.75) is 321 Å². The summed E-state index contributed by atoms with van der Waals surface area (Å²) in [5, 5.41) is 23.3. The van der Waals surface area contributed by atoms with Crippen LogP contribution in [0.2, 0.25) is 0 Å². The van der Waals surface area contributed by atoms with Gasteiger partial charge in [0.05, 0.1) is 25.4 Å². The summed E-state index contributed by atoms with van der Waals surface area (Å²) in [5.74, 6) is -0.0899. The van der Waals surface area contributed by atoms with Crippen molar-refractivity contribution in [3.05, 3.63) is 36.5 Å². The molecule has 0 fully saturated rings. The van der Waals surface area contributed by atoms with Crippen molar-refractivity contribution in [2.24, 2.45) is 0 Å². The van der Waals surface area contributed by atoms with Crippen LogP contribution in [-0.4, -0.2) is 47.4 Å². The summed E-state index contributed by atoms with van der Waals surface area (Å²) in [6.45, 7) is 4.89. The number of carbonyl (C=O) groups excluding carboxylic acids is 2. The van der Waals surface area contributed by atoms with E-state index in [9.17, 15) is 19.8 Å². The summed E-state index contributed by atoms with van der Waals surface area (Å²) in [6.07, 6.45) is 68.5. The largest absolute Gasteiger partial charge is 0.466 e. The average Bonchev–Trinajstić information content (AvgIpc) is 3.32. The highest BCUT2D eigenvalue weighted by Crippen LogP contribution is 2.17. The molecular weight excluding hydrogens is 815 g/mol. The van der Waals surface area contributed by atoms with Gasteiger partial charge in [-0.15, -0.1) is 0 Å². The number of aliphatic hydroxyl groups excluding tert-OH is 2. The van der Waals surface area contributed by atoms with Crippen LogP contribution in [0.3, 0.4) is 0 Å². The minimum absolute atomic E-state index is 0.0262. The molecule has 2 unspecified atom stereocenters. The van der Waals surface area contributed by atoms with Crippen LogP contribution in [0.15, 0.2) is 36.5 Å². The lowest BCUT2D eigenvalue weighted by molar-refractivity contribution is -0.143. The lowest BCUT2D eigenvalue weighted by atomic mass is 10.0. The molecule has 0 aliphatic heterocycles. The molecule has 0 aliphatic carbocycles. The van der Waals surface area contributed by atoms with Gasteiger partial charge in [0.1, 0.15) is 0 Å². The number of esters is 1. The summed E-state index contributed by atoms with van der Waals surface area (Å²) in [5.41, 5.74) is 0. The number of rotatable bonds is 54. The van der Waals surface area contributed by atoms with Crippen LogP contribution in [0.1, 0.15) is 309 Å². The lowest BCUT2D eigenvalue weighted by Gasteiger charge is -2.22. The number of hydrogen-bond acceptors (Lipinski definition) is 5. The Morgan fingerprint density at radius 3 is 1.21 bits per heavy atom. The Balaban J connectivity index is 3.50. The van der Waals surface area contributed by atoms with Crippen LogP contribution in [-0.2, 0) is 14.3 Å². The predicted octanol–water partition coefficient (Wildman–Crippen LogP) is 18.0. The highest BCUT2D eigenvalue weighted by atomic mass is 16.5. The number of hydrogen-bond donors (Lipinski definition) is 3. The Kier molecular flexibility index (Phi) is 54.1. The molecular formula is C60H113NO5. The first kappa shape index (κ1) is 64.1. The van der Waals surface area contributed by atoms with Gasteiger partial charge in [-0.05, 0) is 83.5 Å². The van der Waals surface area contributed by atoms with Crippen molar-refractivity contribution in [3.63, 3.8) is 0 Å². The minimum atomic E-state index is -0.683. The fourth-order valence-electron chi connectivity index (χ4n) is 8.90. The van der Waals surface area contributed by atoms with E-state index in [-0.39, 0.29) is 18.5 Å². The number of aliphatic hydroxyl groups is 2. The van der Waals surface area contributed by atoms with Gasteiger partial charge < -0.3 is 20.3 Å². The molecule has 0 saturated carbocycles. The van der Waals surface area contributed by atoms with Gasteiger partial charge in [-0.1, -0.05) is 249 Å². The van der Waals surface area contributed by atoms with E-state index < -0.39 is 12.1 Å². The Bertz CT molecular complexity index is 1070. The molecule has 2 atom stereocenters. The zero-order valence-electron chi connectivity index (χ0n) is 44.2.